The Hall–Kier alpha value is -1.90. The van der Waals surface area contributed by atoms with Crippen molar-refractivity contribution in [1.82, 2.24) is 0 Å². The molecule has 0 aliphatic heterocycles. The van der Waals surface area contributed by atoms with Crippen LogP contribution in [0.5, 0.6) is 5.75 Å². The Morgan fingerprint density at radius 2 is 1.47 bits per heavy atom. The van der Waals surface area contributed by atoms with E-state index in [1.54, 1.807) is 13.0 Å². The third kappa shape index (κ3) is 4.26. The van der Waals surface area contributed by atoms with E-state index in [4.69, 9.17) is 4.74 Å². The number of hydrogen-bond donors (Lipinski definition) is 0. The predicted octanol–water partition coefficient (Wildman–Crippen LogP) is 7.82. The molecule has 0 heterocycles. The first-order valence-electron chi connectivity index (χ1n) is 11.8. The van der Waals surface area contributed by atoms with Crippen molar-refractivity contribution in [2.75, 3.05) is 6.61 Å². The summed E-state index contributed by atoms with van der Waals surface area (Å²) in [7, 11) is 0. The first-order valence-corrected chi connectivity index (χ1v) is 11.8. The quantitative estimate of drug-likeness (QED) is 0.429. The number of fused-ring (bicyclic) bond motifs is 1. The molecule has 2 saturated carbocycles. The summed E-state index contributed by atoms with van der Waals surface area (Å²) < 4.78 is 33.8. The van der Waals surface area contributed by atoms with Gasteiger partial charge in [0.25, 0.3) is 0 Å². The van der Waals surface area contributed by atoms with Crippen molar-refractivity contribution < 1.29 is 13.5 Å². The van der Waals surface area contributed by atoms with Crippen molar-refractivity contribution in [3.8, 4) is 16.9 Å². The SMILES string of the molecule is CCCC1CC[C@H]2C(CCc3ccc(-c4ccc(OCC)c(F)c4F)cc3)CC[C@@H]12. The number of rotatable bonds is 8. The maximum Gasteiger partial charge on any atom is 0.201 e. The summed E-state index contributed by atoms with van der Waals surface area (Å²) in [5.74, 6) is 2.00. The lowest BCUT2D eigenvalue weighted by Crippen LogP contribution is -2.13. The Morgan fingerprint density at radius 3 is 2.10 bits per heavy atom. The van der Waals surface area contributed by atoms with Gasteiger partial charge in [-0.15, -0.1) is 0 Å². The molecule has 0 amide bonds. The second-order valence-corrected chi connectivity index (χ2v) is 9.20. The van der Waals surface area contributed by atoms with Gasteiger partial charge in [0.1, 0.15) is 0 Å². The van der Waals surface area contributed by atoms with E-state index in [9.17, 15) is 8.78 Å². The van der Waals surface area contributed by atoms with E-state index in [0.29, 0.717) is 12.2 Å². The molecule has 0 N–H and O–H groups in total. The Bertz CT molecular complexity index is 845. The van der Waals surface area contributed by atoms with E-state index < -0.39 is 11.6 Å². The fourth-order valence-corrected chi connectivity index (χ4v) is 6.15. The molecule has 1 nitrogen and oxygen atoms in total. The summed E-state index contributed by atoms with van der Waals surface area (Å²) in [6.07, 6.45) is 10.8. The molecule has 0 bridgehead atoms. The molecule has 2 fully saturated rings. The highest BCUT2D eigenvalue weighted by Gasteiger charge is 2.43. The molecule has 4 atom stereocenters. The van der Waals surface area contributed by atoms with E-state index >= 15 is 0 Å². The lowest BCUT2D eigenvalue weighted by molar-refractivity contribution is 0.294. The lowest BCUT2D eigenvalue weighted by atomic mass is 9.85. The summed E-state index contributed by atoms with van der Waals surface area (Å²) in [4.78, 5) is 0. The molecule has 4 rings (SSSR count). The molecule has 2 aromatic carbocycles. The van der Waals surface area contributed by atoms with Gasteiger partial charge in [-0.25, -0.2) is 4.39 Å². The van der Waals surface area contributed by atoms with E-state index in [0.717, 1.165) is 30.1 Å². The van der Waals surface area contributed by atoms with Crippen LogP contribution in [0.4, 0.5) is 8.78 Å². The van der Waals surface area contributed by atoms with Gasteiger partial charge >= 0.3 is 0 Å². The lowest BCUT2D eigenvalue weighted by Gasteiger charge is -2.20. The minimum Gasteiger partial charge on any atom is -0.491 e. The van der Waals surface area contributed by atoms with E-state index in [2.05, 4.69) is 19.1 Å². The summed E-state index contributed by atoms with van der Waals surface area (Å²) in [6.45, 7) is 4.38. The Labute approximate surface area is 179 Å². The monoisotopic (exact) mass is 412 g/mol. The van der Waals surface area contributed by atoms with Gasteiger partial charge in [0.2, 0.25) is 5.82 Å². The Kier molecular flexibility index (Phi) is 6.75. The fraction of sp³-hybridized carbons (Fsp3) is 0.556. The third-order valence-corrected chi connectivity index (χ3v) is 7.58. The summed E-state index contributed by atoms with van der Waals surface area (Å²) in [6, 6.07) is 11.1. The van der Waals surface area contributed by atoms with Crippen molar-refractivity contribution in [1.29, 1.82) is 0 Å². The topological polar surface area (TPSA) is 9.23 Å². The van der Waals surface area contributed by atoms with Gasteiger partial charge < -0.3 is 4.74 Å². The molecule has 3 heteroatoms. The van der Waals surface area contributed by atoms with Crippen molar-refractivity contribution in [2.24, 2.45) is 23.7 Å². The summed E-state index contributed by atoms with van der Waals surface area (Å²) in [5.41, 5.74) is 2.28. The minimum atomic E-state index is -0.910. The average Bonchev–Trinajstić information content (AvgIpc) is 3.34. The van der Waals surface area contributed by atoms with Crippen LogP contribution >= 0.6 is 0 Å². The smallest absolute Gasteiger partial charge is 0.201 e. The minimum absolute atomic E-state index is 0.0293. The zero-order chi connectivity index (χ0) is 21.1. The maximum atomic E-state index is 14.5. The molecule has 0 aromatic heterocycles. The Morgan fingerprint density at radius 1 is 0.800 bits per heavy atom. The molecule has 162 valence electrons. The van der Waals surface area contributed by atoms with Crippen LogP contribution in [0.2, 0.25) is 0 Å². The second kappa shape index (κ2) is 9.49. The van der Waals surface area contributed by atoms with Crippen molar-refractivity contribution in [3.63, 3.8) is 0 Å². The molecule has 0 radical (unpaired) electrons. The van der Waals surface area contributed by atoms with Gasteiger partial charge in [-0.1, -0.05) is 44.0 Å². The summed E-state index contributed by atoms with van der Waals surface area (Å²) >= 11 is 0. The molecule has 0 saturated heterocycles. The second-order valence-electron chi connectivity index (χ2n) is 9.20. The van der Waals surface area contributed by atoms with Crippen molar-refractivity contribution in [3.05, 3.63) is 53.6 Å². The highest BCUT2D eigenvalue weighted by Crippen LogP contribution is 2.53. The van der Waals surface area contributed by atoms with E-state index in [1.165, 1.54) is 56.6 Å². The van der Waals surface area contributed by atoms with E-state index in [1.807, 2.05) is 12.1 Å². The predicted molar refractivity (Wildman–Crippen MR) is 119 cm³/mol. The summed E-state index contributed by atoms with van der Waals surface area (Å²) in [5, 5.41) is 0. The van der Waals surface area contributed by atoms with Crippen LogP contribution in [0.3, 0.4) is 0 Å². The van der Waals surface area contributed by atoms with Crippen LogP contribution in [0, 0.1) is 35.3 Å². The normalized spacial score (nSPS) is 25.5. The molecule has 2 aliphatic carbocycles. The van der Waals surface area contributed by atoms with Crippen LogP contribution in [-0.2, 0) is 6.42 Å². The van der Waals surface area contributed by atoms with E-state index in [-0.39, 0.29) is 11.3 Å². The standard InChI is InChI=1S/C27H34F2O/c1-3-5-19-12-14-23-20(13-15-22(19)23)9-6-18-7-10-21(11-8-18)24-16-17-25(30-4-2)27(29)26(24)28/h7-8,10-11,16-17,19-20,22-23H,3-6,9,12-15H2,1-2H3/t19?,20?,22-,23-/m0/s1. The van der Waals surface area contributed by atoms with Crippen molar-refractivity contribution >= 4 is 0 Å². The number of aryl methyl sites for hydroxylation is 1. The highest BCUT2D eigenvalue weighted by atomic mass is 19.2. The van der Waals surface area contributed by atoms with Crippen LogP contribution < -0.4 is 4.74 Å². The maximum absolute atomic E-state index is 14.5. The first kappa shape index (κ1) is 21.3. The number of hydrogen-bond acceptors (Lipinski definition) is 1. The Balaban J connectivity index is 1.38. The number of halogens is 2. The van der Waals surface area contributed by atoms with Crippen LogP contribution in [-0.4, -0.2) is 6.61 Å². The van der Waals surface area contributed by atoms with Gasteiger partial charge in [0, 0.05) is 5.56 Å². The molecule has 2 aromatic rings. The largest absolute Gasteiger partial charge is 0.491 e. The average molecular weight is 413 g/mol. The van der Waals surface area contributed by atoms with Gasteiger partial charge in [-0.05, 0) is 92.4 Å². The van der Waals surface area contributed by atoms with Gasteiger partial charge in [0.05, 0.1) is 6.61 Å². The van der Waals surface area contributed by atoms with Crippen LogP contribution in [0.25, 0.3) is 11.1 Å². The highest BCUT2D eigenvalue weighted by molar-refractivity contribution is 5.65. The molecule has 2 aliphatic rings. The van der Waals surface area contributed by atoms with Gasteiger partial charge in [-0.2, -0.15) is 4.39 Å². The van der Waals surface area contributed by atoms with Gasteiger partial charge in [0.15, 0.2) is 11.6 Å². The molecule has 2 unspecified atom stereocenters. The first-order chi connectivity index (χ1) is 14.6. The molecular formula is C27H34F2O. The molecular weight excluding hydrogens is 378 g/mol. The molecule has 0 spiro atoms. The van der Waals surface area contributed by atoms with Gasteiger partial charge in [-0.3, -0.25) is 0 Å². The third-order valence-electron chi connectivity index (χ3n) is 7.58. The zero-order valence-electron chi connectivity index (χ0n) is 18.3. The number of benzene rings is 2. The van der Waals surface area contributed by atoms with Crippen molar-refractivity contribution in [2.45, 2.75) is 65.2 Å². The van der Waals surface area contributed by atoms with Crippen LogP contribution in [0.1, 0.15) is 64.4 Å². The zero-order valence-corrected chi connectivity index (χ0v) is 18.3. The fourth-order valence-electron chi connectivity index (χ4n) is 6.15. The molecule has 30 heavy (non-hydrogen) atoms. The number of ether oxygens (including phenoxy) is 1. The van der Waals surface area contributed by atoms with Crippen LogP contribution in [0.15, 0.2) is 36.4 Å².